The molecule has 1 aromatic heterocycles. The highest BCUT2D eigenvalue weighted by Crippen LogP contribution is 2.13. The molecule has 2 heterocycles. The number of aliphatic hydroxyl groups is 1. The van der Waals surface area contributed by atoms with Gasteiger partial charge in [-0.1, -0.05) is 0 Å². The molecule has 1 aliphatic rings. The van der Waals surface area contributed by atoms with Crippen molar-refractivity contribution in [3.63, 3.8) is 0 Å². The van der Waals surface area contributed by atoms with Gasteiger partial charge in [0.25, 0.3) is 0 Å². The van der Waals surface area contributed by atoms with Crippen LogP contribution in [-0.2, 0) is 0 Å². The Morgan fingerprint density at radius 2 is 2.00 bits per heavy atom. The number of anilines is 1. The van der Waals surface area contributed by atoms with Crippen LogP contribution < -0.4 is 4.90 Å². The third kappa shape index (κ3) is 3.39. The second-order valence-corrected chi connectivity index (χ2v) is 4.55. The van der Waals surface area contributed by atoms with E-state index in [0.717, 1.165) is 26.2 Å². The monoisotopic (exact) mass is 266 g/mol. The van der Waals surface area contributed by atoms with Crippen LogP contribution in [0.5, 0.6) is 0 Å². The quantitative estimate of drug-likeness (QED) is 0.766. The van der Waals surface area contributed by atoms with Crippen LogP contribution in [0.2, 0.25) is 0 Å². The van der Waals surface area contributed by atoms with Crippen molar-refractivity contribution in [2.75, 3.05) is 44.2 Å². The number of aromatic carboxylic acids is 1. The molecule has 0 amide bonds. The highest BCUT2D eigenvalue weighted by Gasteiger charge is 2.20. The lowest BCUT2D eigenvalue weighted by atomic mass is 10.3. The first-order valence-electron chi connectivity index (χ1n) is 6.27. The number of rotatable bonds is 4. The highest BCUT2D eigenvalue weighted by molar-refractivity contribution is 5.85. The van der Waals surface area contributed by atoms with Crippen molar-refractivity contribution in [1.82, 2.24) is 14.9 Å². The van der Waals surface area contributed by atoms with Crippen molar-refractivity contribution < 1.29 is 15.0 Å². The lowest BCUT2D eigenvalue weighted by Gasteiger charge is -2.34. The van der Waals surface area contributed by atoms with Crippen LogP contribution in [0.15, 0.2) is 6.07 Å². The van der Waals surface area contributed by atoms with Gasteiger partial charge >= 0.3 is 5.97 Å². The number of piperazine rings is 1. The van der Waals surface area contributed by atoms with E-state index in [9.17, 15) is 4.79 Å². The fourth-order valence-corrected chi connectivity index (χ4v) is 2.12. The first kappa shape index (κ1) is 13.7. The van der Waals surface area contributed by atoms with Crippen LogP contribution in [0.1, 0.15) is 16.2 Å². The minimum atomic E-state index is -1.04. The van der Waals surface area contributed by atoms with Gasteiger partial charge in [0.2, 0.25) is 5.95 Å². The molecule has 0 aromatic carbocycles. The Morgan fingerprint density at radius 1 is 1.32 bits per heavy atom. The second kappa shape index (κ2) is 5.94. The Kier molecular flexibility index (Phi) is 4.28. The molecule has 0 aliphatic carbocycles. The Morgan fingerprint density at radius 3 is 2.58 bits per heavy atom. The minimum Gasteiger partial charge on any atom is -0.477 e. The normalized spacial score (nSPS) is 16.6. The predicted molar refractivity (Wildman–Crippen MR) is 69.5 cm³/mol. The number of aliphatic hydroxyl groups excluding tert-OH is 1. The van der Waals surface area contributed by atoms with Crippen LogP contribution in [-0.4, -0.2) is 70.4 Å². The molecule has 7 nitrogen and oxygen atoms in total. The van der Waals surface area contributed by atoms with E-state index in [1.54, 1.807) is 6.92 Å². The van der Waals surface area contributed by atoms with Gasteiger partial charge in [0.1, 0.15) is 0 Å². The Labute approximate surface area is 111 Å². The molecule has 0 radical (unpaired) electrons. The Balaban J connectivity index is 2.09. The molecule has 2 rings (SSSR count). The smallest absolute Gasteiger partial charge is 0.354 e. The Bertz CT molecular complexity index is 458. The molecule has 1 aliphatic heterocycles. The van der Waals surface area contributed by atoms with Crippen molar-refractivity contribution in [2.24, 2.45) is 0 Å². The lowest BCUT2D eigenvalue weighted by Crippen LogP contribution is -2.47. The fourth-order valence-electron chi connectivity index (χ4n) is 2.12. The molecular weight excluding hydrogens is 248 g/mol. The molecule has 0 bridgehead atoms. The second-order valence-electron chi connectivity index (χ2n) is 4.55. The van der Waals surface area contributed by atoms with Crippen molar-refractivity contribution in [3.05, 3.63) is 17.5 Å². The standard InChI is InChI=1S/C12H18N4O3/c1-9-8-10(11(18)19)14-12(13-9)16-4-2-15(3-5-16)6-7-17/h8,17H,2-7H2,1H3,(H,18,19). The summed E-state index contributed by atoms with van der Waals surface area (Å²) in [6.45, 7) is 5.71. The van der Waals surface area contributed by atoms with Crippen LogP contribution in [0.25, 0.3) is 0 Å². The maximum absolute atomic E-state index is 11.0. The van der Waals surface area contributed by atoms with Gasteiger partial charge in [0.05, 0.1) is 6.61 Å². The molecule has 2 N–H and O–H groups in total. The van der Waals surface area contributed by atoms with Crippen LogP contribution in [0, 0.1) is 6.92 Å². The number of nitrogens with zero attached hydrogens (tertiary/aromatic N) is 4. The first-order valence-corrected chi connectivity index (χ1v) is 6.27. The van der Waals surface area contributed by atoms with Crippen molar-refractivity contribution >= 4 is 11.9 Å². The maximum atomic E-state index is 11.0. The summed E-state index contributed by atoms with van der Waals surface area (Å²) < 4.78 is 0. The van der Waals surface area contributed by atoms with E-state index in [0.29, 0.717) is 18.2 Å². The average molecular weight is 266 g/mol. The fraction of sp³-hybridized carbons (Fsp3) is 0.583. The summed E-state index contributed by atoms with van der Waals surface area (Å²) in [6.07, 6.45) is 0. The summed E-state index contributed by atoms with van der Waals surface area (Å²) in [5.41, 5.74) is 0.681. The number of hydrogen-bond acceptors (Lipinski definition) is 6. The lowest BCUT2D eigenvalue weighted by molar-refractivity contribution is 0.0690. The summed E-state index contributed by atoms with van der Waals surface area (Å²) in [7, 11) is 0. The number of aryl methyl sites for hydroxylation is 1. The SMILES string of the molecule is Cc1cc(C(=O)O)nc(N2CCN(CCO)CC2)n1. The molecular formula is C12H18N4O3. The molecule has 0 spiro atoms. The number of aromatic nitrogens is 2. The van der Waals surface area contributed by atoms with Gasteiger partial charge in [-0.3, -0.25) is 4.90 Å². The van der Waals surface area contributed by atoms with E-state index in [2.05, 4.69) is 14.9 Å². The minimum absolute atomic E-state index is 0.0280. The van der Waals surface area contributed by atoms with Crippen molar-refractivity contribution in [1.29, 1.82) is 0 Å². The van der Waals surface area contributed by atoms with E-state index in [4.69, 9.17) is 10.2 Å². The third-order valence-electron chi connectivity index (χ3n) is 3.13. The van der Waals surface area contributed by atoms with Gasteiger partial charge in [-0.05, 0) is 13.0 Å². The molecule has 7 heteroatoms. The van der Waals surface area contributed by atoms with Crippen LogP contribution in [0.4, 0.5) is 5.95 Å². The molecule has 0 unspecified atom stereocenters. The number of hydrogen-bond donors (Lipinski definition) is 2. The summed E-state index contributed by atoms with van der Waals surface area (Å²) in [4.78, 5) is 23.5. The number of carbonyl (C=O) groups is 1. The van der Waals surface area contributed by atoms with Crippen LogP contribution in [0.3, 0.4) is 0 Å². The molecule has 104 valence electrons. The first-order chi connectivity index (χ1) is 9.10. The van der Waals surface area contributed by atoms with E-state index < -0.39 is 5.97 Å². The van der Waals surface area contributed by atoms with E-state index in [-0.39, 0.29) is 12.3 Å². The molecule has 0 saturated carbocycles. The predicted octanol–water partition coefficient (Wildman–Crippen LogP) is -0.402. The third-order valence-corrected chi connectivity index (χ3v) is 3.13. The van der Waals surface area contributed by atoms with Gasteiger partial charge in [0.15, 0.2) is 5.69 Å². The summed E-state index contributed by atoms with van der Waals surface area (Å²) in [6, 6.07) is 1.47. The number of carboxylic acid groups (broad SMARTS) is 1. The highest BCUT2D eigenvalue weighted by atomic mass is 16.4. The van der Waals surface area contributed by atoms with Gasteiger partial charge in [-0.15, -0.1) is 0 Å². The largest absolute Gasteiger partial charge is 0.477 e. The number of β-amino-alcohol motifs (C(OH)–C–C–N with tert-alkyl or cyclic N) is 1. The topological polar surface area (TPSA) is 89.8 Å². The zero-order valence-corrected chi connectivity index (χ0v) is 10.9. The van der Waals surface area contributed by atoms with Crippen molar-refractivity contribution in [3.8, 4) is 0 Å². The summed E-state index contributed by atoms with van der Waals surface area (Å²) >= 11 is 0. The van der Waals surface area contributed by atoms with Crippen molar-refractivity contribution in [2.45, 2.75) is 6.92 Å². The van der Waals surface area contributed by atoms with Gasteiger partial charge in [0, 0.05) is 38.4 Å². The Hall–Kier alpha value is -1.73. The molecule has 0 atom stereocenters. The average Bonchev–Trinajstić information content (AvgIpc) is 2.39. The van der Waals surface area contributed by atoms with Gasteiger partial charge < -0.3 is 15.1 Å². The van der Waals surface area contributed by atoms with Gasteiger partial charge in [-0.25, -0.2) is 14.8 Å². The maximum Gasteiger partial charge on any atom is 0.354 e. The van der Waals surface area contributed by atoms with Crippen LogP contribution >= 0.6 is 0 Å². The molecule has 1 saturated heterocycles. The number of carboxylic acids is 1. The van der Waals surface area contributed by atoms with E-state index in [1.807, 2.05) is 4.90 Å². The van der Waals surface area contributed by atoms with E-state index >= 15 is 0 Å². The van der Waals surface area contributed by atoms with Gasteiger partial charge in [-0.2, -0.15) is 0 Å². The molecule has 19 heavy (non-hydrogen) atoms. The van der Waals surface area contributed by atoms with E-state index in [1.165, 1.54) is 6.07 Å². The summed E-state index contributed by atoms with van der Waals surface area (Å²) in [5.74, 6) is -0.563. The zero-order valence-electron chi connectivity index (χ0n) is 10.9. The zero-order chi connectivity index (χ0) is 13.8. The molecule has 1 fully saturated rings. The molecule has 1 aromatic rings. The summed E-state index contributed by atoms with van der Waals surface area (Å²) in [5, 5.41) is 17.9.